The van der Waals surface area contributed by atoms with Crippen LogP contribution in [0, 0.1) is 0 Å². The van der Waals surface area contributed by atoms with Crippen LogP contribution in [-0.4, -0.2) is 104 Å². The van der Waals surface area contributed by atoms with Crippen molar-refractivity contribution in [3.8, 4) is 118 Å². The zero-order valence-electron chi connectivity index (χ0n) is 46.1. The van der Waals surface area contributed by atoms with Gasteiger partial charge in [0.2, 0.25) is 0 Å². The van der Waals surface area contributed by atoms with Gasteiger partial charge in [0.05, 0.1) is 84.6 Å². The Morgan fingerprint density at radius 2 is 1.12 bits per heavy atom. The molecule has 0 aliphatic carbocycles. The number of rotatable bonds is 11. The number of benzene rings is 3. The van der Waals surface area contributed by atoms with Crippen LogP contribution in [0.25, 0.3) is 178 Å². The Morgan fingerprint density at radius 1 is 0.500 bits per heavy atom. The van der Waals surface area contributed by atoms with Crippen LogP contribution in [0.5, 0.6) is 5.75 Å². The molecule has 15 heterocycles. The highest BCUT2D eigenvalue weighted by atomic mass is 32.1. The number of para-hydroxylation sites is 3. The Bertz CT molecular complexity index is 5560. The molecule has 0 bridgehead atoms. The number of aromatic hydroxyl groups is 1. The van der Waals surface area contributed by atoms with E-state index in [4.69, 9.17) is 49.6 Å². The van der Waals surface area contributed by atoms with Crippen molar-refractivity contribution in [1.29, 1.82) is 0 Å². The Hall–Kier alpha value is -11.3. The summed E-state index contributed by atoms with van der Waals surface area (Å²) < 4.78 is 6.49. The van der Waals surface area contributed by atoms with Crippen LogP contribution < -0.4 is 5.32 Å². The lowest BCUT2D eigenvalue weighted by atomic mass is 9.93. The summed E-state index contributed by atoms with van der Waals surface area (Å²) in [5.74, 6) is 2.81. The van der Waals surface area contributed by atoms with Crippen LogP contribution in [0.3, 0.4) is 0 Å². The summed E-state index contributed by atoms with van der Waals surface area (Å²) in [4.78, 5) is 51.1. The van der Waals surface area contributed by atoms with E-state index in [1.54, 1.807) is 53.6 Å². The molecule has 20 nitrogen and oxygen atoms in total. The lowest BCUT2D eigenvalue weighted by Crippen LogP contribution is -2.27. The number of piperidine rings is 1. The number of H-pyrrole nitrogens is 6. The zero-order valence-corrected chi connectivity index (χ0v) is 47.7. The molecule has 22 heteroatoms. The van der Waals surface area contributed by atoms with E-state index in [-0.39, 0.29) is 5.75 Å². The van der Waals surface area contributed by atoms with Gasteiger partial charge in [-0.1, -0.05) is 36.4 Å². The van der Waals surface area contributed by atoms with Crippen molar-refractivity contribution in [2.45, 2.75) is 18.8 Å². The van der Waals surface area contributed by atoms with Gasteiger partial charge < -0.3 is 29.8 Å². The largest absolute Gasteiger partial charge is 0.506 e. The van der Waals surface area contributed by atoms with Gasteiger partial charge in [-0.05, 0) is 126 Å². The zero-order chi connectivity index (χ0) is 58.0. The molecular formula is C66H44N18O2S2. The molecule has 3 aromatic carbocycles. The number of aromatic nitrogens is 17. The third kappa shape index (κ3) is 8.25. The summed E-state index contributed by atoms with van der Waals surface area (Å²) in [6, 6.07) is 36.3. The molecule has 0 spiro atoms. The fourth-order valence-corrected chi connectivity index (χ4v) is 13.9. The molecule has 1 aliphatic rings. The van der Waals surface area contributed by atoms with Crippen LogP contribution in [-0.2, 0) is 0 Å². The average Bonchev–Trinajstić information content (AvgIpc) is 1.89. The number of imidazole rings is 3. The topological polar surface area (TPSA) is 282 Å². The van der Waals surface area contributed by atoms with Crippen molar-refractivity contribution in [1.82, 2.24) is 90.7 Å². The van der Waals surface area contributed by atoms with Crippen molar-refractivity contribution >= 4 is 88.5 Å². The normalized spacial score (nSPS) is 13.2. The van der Waals surface area contributed by atoms with E-state index in [0.717, 1.165) is 141 Å². The Labute approximate surface area is 504 Å². The Morgan fingerprint density at radius 3 is 1.80 bits per heavy atom. The Balaban J connectivity index is 0.705. The molecular weight excluding hydrogens is 1140 g/mol. The minimum atomic E-state index is 0.0343. The molecule has 422 valence electrons. The summed E-state index contributed by atoms with van der Waals surface area (Å²) in [5, 5.41) is 47.3. The quantitative estimate of drug-likeness (QED) is 0.0598. The van der Waals surface area contributed by atoms with Crippen molar-refractivity contribution in [2.75, 3.05) is 13.1 Å². The van der Waals surface area contributed by atoms with E-state index in [0.29, 0.717) is 74.4 Å². The molecule has 88 heavy (non-hydrogen) atoms. The van der Waals surface area contributed by atoms with Crippen LogP contribution in [0.1, 0.15) is 24.5 Å². The first kappa shape index (κ1) is 50.0. The number of nitrogens with zero attached hydrogens (tertiary/aromatic N) is 11. The first-order valence-corrected chi connectivity index (χ1v) is 30.3. The van der Waals surface area contributed by atoms with E-state index >= 15 is 0 Å². The second-order valence-corrected chi connectivity index (χ2v) is 23.6. The summed E-state index contributed by atoms with van der Waals surface area (Å²) in [6.45, 7) is 1.97. The predicted molar refractivity (Wildman–Crippen MR) is 342 cm³/mol. The maximum Gasteiger partial charge on any atom is 0.159 e. The number of furan rings is 1. The third-order valence-corrected chi connectivity index (χ3v) is 18.3. The van der Waals surface area contributed by atoms with Gasteiger partial charge in [-0.3, -0.25) is 30.2 Å². The second kappa shape index (κ2) is 19.9. The molecule has 18 rings (SSSR count). The smallest absolute Gasteiger partial charge is 0.159 e. The van der Waals surface area contributed by atoms with E-state index < -0.39 is 0 Å². The lowest BCUT2D eigenvalue weighted by molar-refractivity contribution is 0.453. The molecule has 1 aliphatic heterocycles. The summed E-state index contributed by atoms with van der Waals surface area (Å²) in [5.41, 5.74) is 20.2. The molecule has 0 amide bonds. The molecule has 0 radical (unpaired) electrons. The maximum atomic E-state index is 10.6. The molecule has 17 aromatic rings. The average molecular weight is 1190 g/mol. The van der Waals surface area contributed by atoms with Crippen LogP contribution in [0.15, 0.2) is 167 Å². The highest BCUT2D eigenvalue weighted by Gasteiger charge is 2.26. The van der Waals surface area contributed by atoms with Crippen molar-refractivity contribution in [2.24, 2.45) is 0 Å². The predicted octanol–water partition coefficient (Wildman–Crippen LogP) is 14.5. The number of hydrogen-bond acceptors (Lipinski definition) is 16. The highest BCUT2D eigenvalue weighted by Crippen LogP contribution is 2.44. The SMILES string of the molecule is Oc1cncc(-c2cc3c(-c4nc5c(-c6ccsc6)cccc5[nH]4)n[nH]c3c(-c3cc(-c4cccc5[nH]c(-c6n[nH]c7c(-c8cc(-c9cccc%10[nH]c(-c%11n[nH]c%12cnc(C%13CCNCC%13)cc%11%12)nc9%10)co8)nc(-c8ccncc8)cc67)nc45)cs3)n2)c1. The van der Waals surface area contributed by atoms with Crippen LogP contribution in [0.2, 0.25) is 0 Å². The summed E-state index contributed by atoms with van der Waals surface area (Å²) in [6.07, 6.45) is 12.3. The minimum absolute atomic E-state index is 0.0343. The van der Waals surface area contributed by atoms with E-state index in [1.807, 2.05) is 79.0 Å². The van der Waals surface area contributed by atoms with Gasteiger partial charge in [0.25, 0.3) is 0 Å². The van der Waals surface area contributed by atoms with Crippen molar-refractivity contribution in [3.05, 3.63) is 168 Å². The molecule has 0 saturated carbocycles. The molecule has 14 aromatic heterocycles. The molecule has 0 unspecified atom stereocenters. The first-order chi connectivity index (χ1) is 43.5. The summed E-state index contributed by atoms with van der Waals surface area (Å²) in [7, 11) is 0. The number of pyridine rings is 5. The number of hydrogen-bond donors (Lipinski definition) is 8. The van der Waals surface area contributed by atoms with Crippen LogP contribution in [0.4, 0.5) is 0 Å². The fraction of sp³-hybridized carbons (Fsp3) is 0.0758. The minimum Gasteiger partial charge on any atom is -0.506 e. The highest BCUT2D eigenvalue weighted by molar-refractivity contribution is 7.14. The number of fused-ring (bicyclic) bond motifs is 6. The molecule has 0 atom stereocenters. The van der Waals surface area contributed by atoms with Crippen molar-refractivity contribution in [3.63, 3.8) is 0 Å². The van der Waals surface area contributed by atoms with Gasteiger partial charge in [0.1, 0.15) is 34.2 Å². The van der Waals surface area contributed by atoms with Gasteiger partial charge in [0.15, 0.2) is 23.2 Å². The van der Waals surface area contributed by atoms with Crippen LogP contribution >= 0.6 is 22.7 Å². The van der Waals surface area contributed by atoms with Gasteiger partial charge >= 0.3 is 0 Å². The number of aromatic amines is 6. The fourth-order valence-electron chi connectivity index (χ4n) is 12.3. The van der Waals surface area contributed by atoms with Gasteiger partial charge in [-0.25, -0.2) is 24.9 Å². The Kier molecular flexibility index (Phi) is 11.3. The summed E-state index contributed by atoms with van der Waals surface area (Å²) >= 11 is 3.21. The maximum absolute atomic E-state index is 10.6. The monoisotopic (exact) mass is 1180 g/mol. The third-order valence-electron chi connectivity index (χ3n) is 16.7. The molecule has 1 saturated heterocycles. The van der Waals surface area contributed by atoms with Crippen molar-refractivity contribution < 1.29 is 9.52 Å². The first-order valence-electron chi connectivity index (χ1n) is 28.5. The lowest BCUT2D eigenvalue weighted by Gasteiger charge is -2.21. The standard InChI is InChI=1S/C66H44N18O2S2/c85-38-20-35(26-69-27-38)50-25-44-58(81-84-61(44)66-74-45-7-1-4-39(54(45)76-66)34-14-19-87-30-34)63(72-50)53-22-37(31-88-53)41-6-3-9-47-56(41)78-65(75-47)60-43-24-49(33-12-17-68-18-13-33)71-62(57(43)80-83-60)52-21-36(29-86-52)40-5-2-8-46-55(40)77-64(73-46)59-42-23-48(32-10-15-67-16-11-32)70-28-51(42)79-82-59/h1-9,12-14,17-32,67,85H,10-11,15-16H2,(H,73,77)(H,74,76)(H,75,78)(H,79,82)(H,80,83)(H,81,84). The van der Waals surface area contributed by atoms with Gasteiger partial charge in [-0.15, -0.1) is 11.3 Å². The van der Waals surface area contributed by atoms with Gasteiger partial charge in [-0.2, -0.15) is 26.6 Å². The second-order valence-electron chi connectivity index (χ2n) is 21.9. The van der Waals surface area contributed by atoms with Gasteiger partial charge in [0, 0.05) is 79.7 Å². The van der Waals surface area contributed by atoms with E-state index in [1.165, 1.54) is 6.20 Å². The molecule has 1 fully saturated rings. The van der Waals surface area contributed by atoms with E-state index in [2.05, 4.69) is 92.0 Å². The molecule has 8 N–H and O–H groups in total. The van der Waals surface area contributed by atoms with E-state index in [9.17, 15) is 5.11 Å². The number of thiophene rings is 2. The number of nitrogens with one attached hydrogen (secondary N) is 7.